The summed E-state index contributed by atoms with van der Waals surface area (Å²) in [6.07, 6.45) is 0.748. The van der Waals surface area contributed by atoms with Crippen LogP contribution in [-0.4, -0.2) is 11.8 Å². The summed E-state index contributed by atoms with van der Waals surface area (Å²) in [7, 11) is 0. The van der Waals surface area contributed by atoms with Gasteiger partial charge in [0.05, 0.1) is 11.4 Å². The van der Waals surface area contributed by atoms with Crippen molar-refractivity contribution in [1.82, 2.24) is 5.32 Å². The predicted octanol–water partition coefficient (Wildman–Crippen LogP) is 2.12. The molecule has 0 aliphatic carbocycles. The quantitative estimate of drug-likeness (QED) is 0.503. The number of hydrogen-bond acceptors (Lipinski definition) is 4. The van der Waals surface area contributed by atoms with Crippen molar-refractivity contribution in [2.45, 2.75) is 12.8 Å². The number of benzene rings is 2. The molecule has 3 N–H and O–H groups in total. The monoisotopic (exact) mass is 283 g/mol. The maximum atomic E-state index is 10.1. The Kier molecular flexibility index (Phi) is 5.06. The minimum Gasteiger partial charge on any atom is -0.296 e. The van der Waals surface area contributed by atoms with E-state index in [1.807, 2.05) is 60.7 Å². The molecule has 1 fully saturated rings. The van der Waals surface area contributed by atoms with Gasteiger partial charge in [-0.3, -0.25) is 19.9 Å². The highest BCUT2D eigenvalue weighted by Gasteiger charge is 2.15. The molecule has 2 aromatic rings. The molecule has 0 atom stereocenters. The lowest BCUT2D eigenvalue weighted by molar-refractivity contribution is -0.124. The highest BCUT2D eigenvalue weighted by Crippen LogP contribution is 2.20. The topological polar surface area (TPSA) is 75.4 Å². The summed E-state index contributed by atoms with van der Waals surface area (Å²) in [4.78, 5) is 20.2. The summed E-state index contributed by atoms with van der Waals surface area (Å²) in [5, 5.41) is 3.81. The summed E-state index contributed by atoms with van der Waals surface area (Å²) in [5.41, 5.74) is 1.97. The van der Waals surface area contributed by atoms with E-state index in [1.54, 1.807) is 5.01 Å². The molecule has 0 spiro atoms. The lowest BCUT2D eigenvalue weighted by Gasteiger charge is -2.18. The van der Waals surface area contributed by atoms with Crippen molar-refractivity contribution in [2.75, 3.05) is 5.01 Å². The number of anilines is 2. The Hall–Kier alpha value is -2.66. The highest BCUT2D eigenvalue weighted by atomic mass is 16.2. The number of para-hydroxylation sites is 2. The van der Waals surface area contributed by atoms with E-state index in [0.29, 0.717) is 12.8 Å². The molecule has 5 nitrogen and oxygen atoms in total. The molecule has 108 valence electrons. The molecule has 2 aromatic carbocycles. The SMILES string of the molecule is NN(c1ccccc1)c1ccccc1.O=C1CCC(=O)N1. The second-order valence-electron chi connectivity index (χ2n) is 4.51. The zero-order chi connectivity index (χ0) is 15.1. The molecule has 0 aromatic heterocycles. The van der Waals surface area contributed by atoms with Gasteiger partial charge in [0.2, 0.25) is 11.8 Å². The highest BCUT2D eigenvalue weighted by molar-refractivity contribution is 6.01. The molecular formula is C16H17N3O2. The van der Waals surface area contributed by atoms with E-state index in [2.05, 4.69) is 5.32 Å². The number of amides is 2. The lowest BCUT2D eigenvalue weighted by atomic mass is 10.2. The Balaban J connectivity index is 0.000000194. The number of nitrogens with zero attached hydrogens (tertiary/aromatic N) is 1. The maximum Gasteiger partial charge on any atom is 0.227 e. The smallest absolute Gasteiger partial charge is 0.227 e. The van der Waals surface area contributed by atoms with Gasteiger partial charge in [0.25, 0.3) is 0 Å². The Morgan fingerprint density at radius 1 is 0.762 bits per heavy atom. The van der Waals surface area contributed by atoms with E-state index in [1.165, 1.54) is 0 Å². The summed E-state index contributed by atoms with van der Waals surface area (Å²) >= 11 is 0. The minimum atomic E-state index is -0.148. The van der Waals surface area contributed by atoms with E-state index < -0.39 is 0 Å². The molecular weight excluding hydrogens is 266 g/mol. The van der Waals surface area contributed by atoms with Gasteiger partial charge in [-0.25, -0.2) is 5.84 Å². The van der Waals surface area contributed by atoms with E-state index in [0.717, 1.165) is 11.4 Å². The van der Waals surface area contributed by atoms with Crippen LogP contribution in [0.4, 0.5) is 11.4 Å². The normalized spacial score (nSPS) is 13.2. The van der Waals surface area contributed by atoms with Gasteiger partial charge in [-0.15, -0.1) is 0 Å². The third kappa shape index (κ3) is 4.43. The van der Waals surface area contributed by atoms with Crippen LogP contribution in [0.3, 0.4) is 0 Å². The van der Waals surface area contributed by atoms with Crippen LogP contribution in [0.5, 0.6) is 0 Å². The molecule has 1 saturated heterocycles. The number of carbonyl (C=O) groups excluding carboxylic acids is 2. The number of nitrogens with two attached hydrogens (primary N) is 1. The fourth-order valence-corrected chi connectivity index (χ4v) is 1.83. The first-order valence-electron chi connectivity index (χ1n) is 6.64. The molecule has 3 rings (SSSR count). The molecule has 1 aliphatic heterocycles. The molecule has 0 unspecified atom stereocenters. The second kappa shape index (κ2) is 7.21. The van der Waals surface area contributed by atoms with Gasteiger partial charge in [-0.05, 0) is 24.3 Å². The predicted molar refractivity (Wildman–Crippen MR) is 81.6 cm³/mol. The molecule has 1 heterocycles. The number of nitrogens with one attached hydrogen (secondary N) is 1. The first-order valence-corrected chi connectivity index (χ1v) is 6.64. The van der Waals surface area contributed by atoms with E-state index >= 15 is 0 Å². The second-order valence-corrected chi connectivity index (χ2v) is 4.51. The van der Waals surface area contributed by atoms with Crippen molar-refractivity contribution < 1.29 is 9.59 Å². The molecule has 5 heteroatoms. The fourth-order valence-electron chi connectivity index (χ4n) is 1.83. The van der Waals surface area contributed by atoms with Crippen molar-refractivity contribution in [2.24, 2.45) is 5.84 Å². The van der Waals surface area contributed by atoms with Gasteiger partial charge in [0, 0.05) is 12.8 Å². The van der Waals surface area contributed by atoms with Crippen LogP contribution in [0.2, 0.25) is 0 Å². The molecule has 1 aliphatic rings. The number of hydrazine groups is 1. The number of rotatable bonds is 2. The minimum absolute atomic E-state index is 0.148. The maximum absolute atomic E-state index is 10.1. The van der Waals surface area contributed by atoms with Crippen LogP contribution >= 0.6 is 0 Å². The van der Waals surface area contributed by atoms with E-state index in [4.69, 9.17) is 5.84 Å². The Labute approximate surface area is 123 Å². The molecule has 0 bridgehead atoms. The van der Waals surface area contributed by atoms with Gasteiger partial charge in [-0.1, -0.05) is 36.4 Å². The zero-order valence-corrected chi connectivity index (χ0v) is 11.5. The molecule has 0 saturated carbocycles. The van der Waals surface area contributed by atoms with E-state index in [-0.39, 0.29) is 11.8 Å². The average molecular weight is 283 g/mol. The van der Waals surface area contributed by atoms with Crippen molar-refractivity contribution in [3.63, 3.8) is 0 Å². The molecule has 21 heavy (non-hydrogen) atoms. The first-order chi connectivity index (χ1) is 10.2. The third-order valence-corrected chi connectivity index (χ3v) is 2.93. The molecule has 2 amide bonds. The van der Waals surface area contributed by atoms with Gasteiger partial charge in [0.1, 0.15) is 0 Å². The van der Waals surface area contributed by atoms with Crippen molar-refractivity contribution >= 4 is 23.2 Å². The summed E-state index contributed by atoms with van der Waals surface area (Å²) < 4.78 is 0. The van der Waals surface area contributed by atoms with Crippen molar-refractivity contribution in [3.8, 4) is 0 Å². The summed E-state index contributed by atoms with van der Waals surface area (Å²) in [5.74, 6) is 5.65. The van der Waals surface area contributed by atoms with Crippen molar-refractivity contribution in [3.05, 3.63) is 60.7 Å². The summed E-state index contributed by atoms with van der Waals surface area (Å²) in [6, 6.07) is 19.7. The van der Waals surface area contributed by atoms with Gasteiger partial charge >= 0.3 is 0 Å². The Morgan fingerprint density at radius 2 is 1.14 bits per heavy atom. The van der Waals surface area contributed by atoms with Crippen LogP contribution in [0.1, 0.15) is 12.8 Å². The number of hydrogen-bond donors (Lipinski definition) is 2. The molecule has 0 radical (unpaired) electrons. The third-order valence-electron chi connectivity index (χ3n) is 2.93. The fraction of sp³-hybridized carbons (Fsp3) is 0.125. The Bertz CT molecular complexity index is 546. The lowest BCUT2D eigenvalue weighted by Crippen LogP contribution is -2.24. The average Bonchev–Trinajstić information content (AvgIpc) is 2.92. The number of carbonyl (C=O) groups is 2. The van der Waals surface area contributed by atoms with Gasteiger partial charge < -0.3 is 0 Å². The van der Waals surface area contributed by atoms with Crippen LogP contribution < -0.4 is 16.2 Å². The van der Waals surface area contributed by atoms with Crippen molar-refractivity contribution in [1.29, 1.82) is 0 Å². The van der Waals surface area contributed by atoms with Crippen LogP contribution in [0.25, 0.3) is 0 Å². The van der Waals surface area contributed by atoms with Crippen LogP contribution in [0.15, 0.2) is 60.7 Å². The largest absolute Gasteiger partial charge is 0.296 e. The number of imide groups is 1. The van der Waals surface area contributed by atoms with Crippen LogP contribution in [-0.2, 0) is 9.59 Å². The van der Waals surface area contributed by atoms with E-state index in [9.17, 15) is 9.59 Å². The standard InChI is InChI=1S/C12H12N2.C4H5NO2/c13-14(11-7-3-1-4-8-11)12-9-5-2-6-10-12;6-3-1-2-4(7)5-3/h1-10H,13H2;1-2H2,(H,5,6,7). The van der Waals surface area contributed by atoms with Gasteiger partial charge in [0.15, 0.2) is 0 Å². The zero-order valence-electron chi connectivity index (χ0n) is 11.5. The first kappa shape index (κ1) is 14.7. The van der Waals surface area contributed by atoms with Crippen LogP contribution in [0, 0.1) is 0 Å². The summed E-state index contributed by atoms with van der Waals surface area (Å²) in [6.45, 7) is 0. The Morgan fingerprint density at radius 3 is 1.43 bits per heavy atom. The van der Waals surface area contributed by atoms with Gasteiger partial charge in [-0.2, -0.15) is 0 Å².